The summed E-state index contributed by atoms with van der Waals surface area (Å²) in [6.07, 6.45) is 0. The second kappa shape index (κ2) is 8.97. The molecular weight excluding hydrogens is 318 g/mol. The molecule has 5 heteroatoms. The number of carbonyl (C=O) groups excluding carboxylic acids is 1. The van der Waals surface area contributed by atoms with Gasteiger partial charge in [-0.05, 0) is 43.7 Å². The first kappa shape index (κ1) is 18.6. The molecule has 0 aromatic heterocycles. The number of hydrogen-bond acceptors (Lipinski definition) is 4. The molecule has 2 aromatic carbocycles. The van der Waals surface area contributed by atoms with Gasteiger partial charge in [-0.1, -0.05) is 24.3 Å². The van der Waals surface area contributed by atoms with Crippen LogP contribution in [-0.2, 0) is 4.79 Å². The lowest BCUT2D eigenvalue weighted by atomic mass is 10.1. The van der Waals surface area contributed by atoms with Crippen molar-refractivity contribution in [1.82, 2.24) is 4.90 Å². The Labute approximate surface area is 149 Å². The van der Waals surface area contributed by atoms with Crippen LogP contribution in [0.4, 0.5) is 0 Å². The van der Waals surface area contributed by atoms with Crippen molar-refractivity contribution in [2.75, 3.05) is 27.4 Å². The number of nitrogens with zero attached hydrogens (tertiary/aromatic N) is 1. The molecule has 2 rings (SSSR count). The van der Waals surface area contributed by atoms with E-state index in [1.54, 1.807) is 25.1 Å². The fourth-order valence-corrected chi connectivity index (χ4v) is 2.41. The van der Waals surface area contributed by atoms with Crippen molar-refractivity contribution in [3.63, 3.8) is 0 Å². The second-order valence-corrected chi connectivity index (χ2v) is 5.62. The van der Waals surface area contributed by atoms with Crippen LogP contribution < -0.4 is 14.2 Å². The second-order valence-electron chi connectivity index (χ2n) is 5.62. The first-order valence-corrected chi connectivity index (χ1v) is 8.31. The van der Waals surface area contributed by atoms with Crippen LogP contribution in [0.3, 0.4) is 0 Å². The van der Waals surface area contributed by atoms with E-state index in [0.717, 1.165) is 11.3 Å². The van der Waals surface area contributed by atoms with Crippen LogP contribution >= 0.6 is 0 Å². The summed E-state index contributed by atoms with van der Waals surface area (Å²) in [6.45, 7) is 4.39. The molecule has 134 valence electrons. The van der Waals surface area contributed by atoms with Gasteiger partial charge >= 0.3 is 0 Å². The summed E-state index contributed by atoms with van der Waals surface area (Å²) < 4.78 is 16.3. The summed E-state index contributed by atoms with van der Waals surface area (Å²) in [5, 5.41) is 0. The lowest BCUT2D eigenvalue weighted by molar-refractivity contribution is -0.134. The van der Waals surface area contributed by atoms with Gasteiger partial charge in [0.25, 0.3) is 5.91 Å². The third kappa shape index (κ3) is 4.89. The minimum Gasteiger partial charge on any atom is -0.497 e. The number of rotatable bonds is 8. The van der Waals surface area contributed by atoms with Gasteiger partial charge in [-0.25, -0.2) is 0 Å². The highest BCUT2D eigenvalue weighted by atomic mass is 16.5. The highest BCUT2D eigenvalue weighted by molar-refractivity contribution is 5.78. The topological polar surface area (TPSA) is 48.0 Å². The molecule has 0 saturated heterocycles. The highest BCUT2D eigenvalue weighted by Crippen LogP contribution is 2.27. The van der Waals surface area contributed by atoms with Crippen LogP contribution in [0, 0.1) is 0 Å². The van der Waals surface area contributed by atoms with E-state index in [9.17, 15) is 4.79 Å². The zero-order chi connectivity index (χ0) is 18.2. The molecule has 25 heavy (non-hydrogen) atoms. The Hall–Kier alpha value is -2.69. The SMILES string of the molecule is CCOc1ccccc1OCC(=O)N(C)C(C)c1ccc(OC)cc1. The number of benzene rings is 2. The molecule has 0 heterocycles. The predicted octanol–water partition coefficient (Wildman–Crippen LogP) is 3.69. The molecule has 0 radical (unpaired) electrons. The van der Waals surface area contributed by atoms with E-state index in [1.165, 1.54) is 0 Å². The fraction of sp³-hybridized carbons (Fsp3) is 0.350. The van der Waals surface area contributed by atoms with Crippen molar-refractivity contribution >= 4 is 5.91 Å². The molecule has 0 fully saturated rings. The molecule has 2 aromatic rings. The summed E-state index contributed by atoms with van der Waals surface area (Å²) in [6, 6.07) is 15.0. The lowest BCUT2D eigenvalue weighted by Crippen LogP contribution is -2.33. The molecule has 0 bridgehead atoms. The van der Waals surface area contributed by atoms with Crippen LogP contribution in [0.2, 0.25) is 0 Å². The van der Waals surface area contributed by atoms with E-state index >= 15 is 0 Å². The zero-order valence-electron chi connectivity index (χ0n) is 15.2. The molecule has 1 unspecified atom stereocenters. The van der Waals surface area contributed by atoms with Crippen molar-refractivity contribution in [2.45, 2.75) is 19.9 Å². The number of likely N-dealkylation sites (N-methyl/N-ethyl adjacent to an activating group) is 1. The van der Waals surface area contributed by atoms with Crippen molar-refractivity contribution in [2.24, 2.45) is 0 Å². The quantitative estimate of drug-likeness (QED) is 0.733. The Kier molecular flexibility index (Phi) is 6.69. The van der Waals surface area contributed by atoms with Gasteiger partial charge in [0.2, 0.25) is 0 Å². The average molecular weight is 343 g/mol. The standard InChI is InChI=1S/C20H25NO4/c1-5-24-18-8-6-7-9-19(18)25-14-20(22)21(3)15(2)16-10-12-17(23-4)13-11-16/h6-13,15H,5,14H2,1-4H3. The number of carbonyl (C=O) groups is 1. The minimum atomic E-state index is -0.102. The summed E-state index contributed by atoms with van der Waals surface area (Å²) in [5.74, 6) is 1.90. The van der Waals surface area contributed by atoms with Crippen LogP contribution in [0.25, 0.3) is 0 Å². The fourth-order valence-electron chi connectivity index (χ4n) is 2.41. The van der Waals surface area contributed by atoms with Gasteiger partial charge in [-0.2, -0.15) is 0 Å². The smallest absolute Gasteiger partial charge is 0.260 e. The van der Waals surface area contributed by atoms with E-state index in [0.29, 0.717) is 18.1 Å². The number of amides is 1. The van der Waals surface area contributed by atoms with Gasteiger partial charge in [-0.15, -0.1) is 0 Å². The van der Waals surface area contributed by atoms with E-state index < -0.39 is 0 Å². The number of methoxy groups -OCH3 is 1. The van der Waals surface area contributed by atoms with Crippen molar-refractivity contribution in [1.29, 1.82) is 0 Å². The van der Waals surface area contributed by atoms with Gasteiger partial charge in [0.1, 0.15) is 5.75 Å². The lowest BCUT2D eigenvalue weighted by Gasteiger charge is -2.25. The Morgan fingerprint density at radius 1 is 1.04 bits per heavy atom. The first-order chi connectivity index (χ1) is 12.1. The molecule has 1 atom stereocenters. The van der Waals surface area contributed by atoms with Crippen LogP contribution in [-0.4, -0.2) is 38.2 Å². The van der Waals surface area contributed by atoms with Crippen molar-refractivity contribution in [3.8, 4) is 17.2 Å². The molecule has 0 aliphatic rings. The maximum Gasteiger partial charge on any atom is 0.260 e. The van der Waals surface area contributed by atoms with Crippen LogP contribution in [0.15, 0.2) is 48.5 Å². The molecule has 0 spiro atoms. The Morgan fingerprint density at radius 3 is 2.20 bits per heavy atom. The molecule has 1 amide bonds. The van der Waals surface area contributed by atoms with E-state index in [4.69, 9.17) is 14.2 Å². The van der Waals surface area contributed by atoms with E-state index in [2.05, 4.69) is 0 Å². The van der Waals surface area contributed by atoms with Gasteiger partial charge < -0.3 is 19.1 Å². The molecule has 0 saturated carbocycles. The normalized spacial score (nSPS) is 11.5. The van der Waals surface area contributed by atoms with Gasteiger partial charge in [0.15, 0.2) is 18.1 Å². The summed E-state index contributed by atoms with van der Waals surface area (Å²) >= 11 is 0. The van der Waals surface area contributed by atoms with Crippen molar-refractivity contribution < 1.29 is 19.0 Å². The Balaban J connectivity index is 1.97. The zero-order valence-corrected chi connectivity index (χ0v) is 15.2. The highest BCUT2D eigenvalue weighted by Gasteiger charge is 2.18. The average Bonchev–Trinajstić information content (AvgIpc) is 2.66. The third-order valence-corrected chi connectivity index (χ3v) is 4.07. The van der Waals surface area contributed by atoms with E-state index in [-0.39, 0.29) is 18.6 Å². The largest absolute Gasteiger partial charge is 0.497 e. The number of ether oxygens (including phenoxy) is 3. The number of hydrogen-bond donors (Lipinski definition) is 0. The minimum absolute atomic E-state index is 0.0406. The first-order valence-electron chi connectivity index (χ1n) is 8.31. The van der Waals surface area contributed by atoms with Gasteiger partial charge in [0.05, 0.1) is 19.8 Å². The molecule has 0 aliphatic heterocycles. The summed E-state index contributed by atoms with van der Waals surface area (Å²) in [4.78, 5) is 14.1. The maximum absolute atomic E-state index is 12.5. The maximum atomic E-state index is 12.5. The molecule has 5 nitrogen and oxygen atoms in total. The van der Waals surface area contributed by atoms with Crippen LogP contribution in [0.1, 0.15) is 25.5 Å². The molecular formula is C20H25NO4. The number of para-hydroxylation sites is 2. The van der Waals surface area contributed by atoms with Gasteiger partial charge in [-0.3, -0.25) is 4.79 Å². The Bertz CT molecular complexity index is 684. The summed E-state index contributed by atoms with van der Waals surface area (Å²) in [7, 11) is 3.40. The summed E-state index contributed by atoms with van der Waals surface area (Å²) in [5.41, 5.74) is 1.03. The van der Waals surface area contributed by atoms with Gasteiger partial charge in [0, 0.05) is 7.05 Å². The van der Waals surface area contributed by atoms with E-state index in [1.807, 2.05) is 56.3 Å². The van der Waals surface area contributed by atoms with Crippen LogP contribution in [0.5, 0.6) is 17.2 Å². The predicted molar refractivity (Wildman–Crippen MR) is 97.3 cm³/mol. The molecule has 0 N–H and O–H groups in total. The Morgan fingerprint density at radius 2 is 1.64 bits per heavy atom. The monoisotopic (exact) mass is 343 g/mol. The van der Waals surface area contributed by atoms with Crippen molar-refractivity contribution in [3.05, 3.63) is 54.1 Å². The third-order valence-electron chi connectivity index (χ3n) is 4.07. The molecule has 0 aliphatic carbocycles.